The van der Waals surface area contributed by atoms with Gasteiger partial charge in [-0.1, -0.05) is 0 Å². The molecule has 0 aliphatic carbocycles. The summed E-state index contributed by atoms with van der Waals surface area (Å²) in [6.07, 6.45) is 1.20. The van der Waals surface area contributed by atoms with Crippen molar-refractivity contribution >= 4 is 17.5 Å². The molecular formula is C11H13N3O3. The van der Waals surface area contributed by atoms with E-state index in [9.17, 15) is 4.79 Å². The summed E-state index contributed by atoms with van der Waals surface area (Å²) in [7, 11) is 1.48. The van der Waals surface area contributed by atoms with E-state index in [0.29, 0.717) is 23.7 Å². The van der Waals surface area contributed by atoms with Crippen LogP contribution in [0.3, 0.4) is 0 Å². The van der Waals surface area contributed by atoms with Crippen LogP contribution in [0.25, 0.3) is 5.70 Å². The Hall–Kier alpha value is -2.37. The molecular weight excluding hydrogens is 222 g/mol. The molecule has 0 saturated heterocycles. The molecule has 1 amide bonds. The minimum atomic E-state index is -0.567. The zero-order valence-corrected chi connectivity index (χ0v) is 9.32. The molecule has 0 fully saturated rings. The molecule has 0 spiro atoms. The Morgan fingerprint density at radius 3 is 3.12 bits per heavy atom. The van der Waals surface area contributed by atoms with Crippen molar-refractivity contribution in [2.24, 2.45) is 0 Å². The summed E-state index contributed by atoms with van der Waals surface area (Å²) in [5, 5.41) is 2.33. The summed E-state index contributed by atoms with van der Waals surface area (Å²) < 4.78 is 5.41. The Labute approximate surface area is 98.3 Å². The molecule has 0 radical (unpaired) electrons. The van der Waals surface area contributed by atoms with Gasteiger partial charge in [0.15, 0.2) is 0 Å². The minimum absolute atomic E-state index is 0.413. The van der Waals surface area contributed by atoms with Crippen LogP contribution in [0, 0.1) is 0 Å². The fourth-order valence-electron chi connectivity index (χ4n) is 1.46. The van der Waals surface area contributed by atoms with Crippen LogP contribution in [0.15, 0.2) is 24.3 Å². The number of carbonyl (C=O) groups is 1. The molecule has 1 aliphatic heterocycles. The van der Waals surface area contributed by atoms with Crippen LogP contribution in [-0.4, -0.2) is 19.7 Å². The van der Waals surface area contributed by atoms with Crippen molar-refractivity contribution in [2.75, 3.05) is 19.4 Å². The van der Waals surface area contributed by atoms with Crippen LogP contribution < -0.4 is 21.3 Å². The normalized spacial score (nSPS) is 12.9. The Morgan fingerprint density at radius 1 is 1.53 bits per heavy atom. The molecule has 0 saturated carbocycles. The monoisotopic (exact) mass is 235 g/mol. The molecule has 6 nitrogen and oxygen atoms in total. The van der Waals surface area contributed by atoms with E-state index in [0.717, 1.165) is 5.56 Å². The van der Waals surface area contributed by atoms with Crippen molar-refractivity contribution in [3.05, 3.63) is 29.8 Å². The lowest BCUT2D eigenvalue weighted by Crippen LogP contribution is -2.27. The van der Waals surface area contributed by atoms with E-state index in [-0.39, 0.29) is 0 Å². The maximum atomic E-state index is 11.0. The maximum Gasteiger partial charge on any atom is 0.431 e. The first kappa shape index (κ1) is 11.1. The highest BCUT2D eigenvalue weighted by Gasteiger charge is 2.15. The minimum Gasteiger partial charge on any atom is -0.489 e. The molecule has 2 rings (SSSR count). The van der Waals surface area contributed by atoms with E-state index in [1.54, 1.807) is 24.3 Å². The molecule has 0 bridgehead atoms. The Bertz CT molecular complexity index is 471. The van der Waals surface area contributed by atoms with E-state index >= 15 is 0 Å². The fourth-order valence-corrected chi connectivity index (χ4v) is 1.46. The first-order valence-corrected chi connectivity index (χ1v) is 5.08. The highest BCUT2D eigenvalue weighted by atomic mass is 16.7. The van der Waals surface area contributed by atoms with Gasteiger partial charge >= 0.3 is 6.09 Å². The van der Waals surface area contributed by atoms with Crippen molar-refractivity contribution in [3.63, 3.8) is 0 Å². The molecule has 0 atom stereocenters. The third-order valence-electron chi connectivity index (χ3n) is 2.28. The summed E-state index contributed by atoms with van der Waals surface area (Å²) in [5.74, 6) is 0.699. The summed E-state index contributed by atoms with van der Waals surface area (Å²) in [5.41, 5.74) is 10.3. The number of anilines is 1. The number of fused-ring (bicyclic) bond motifs is 1. The molecule has 90 valence electrons. The second kappa shape index (κ2) is 4.65. The Balaban J connectivity index is 2.17. The van der Waals surface area contributed by atoms with Crippen LogP contribution >= 0.6 is 0 Å². The number of rotatable bonds is 2. The molecule has 4 N–H and O–H groups in total. The van der Waals surface area contributed by atoms with Gasteiger partial charge in [0.2, 0.25) is 0 Å². The standard InChI is InChI=1S/C11H13N3O3/c1-13-11(15)17-14-9-4-5-16-10-3-2-7(12)6-8(9)10/h2-4,6,14H,5,12H2,1H3,(H,13,15). The Morgan fingerprint density at radius 2 is 2.35 bits per heavy atom. The van der Waals surface area contributed by atoms with Crippen LogP contribution in [0.1, 0.15) is 5.56 Å². The van der Waals surface area contributed by atoms with Gasteiger partial charge in [-0.2, -0.15) is 0 Å². The number of hydroxylamine groups is 1. The maximum absolute atomic E-state index is 11.0. The van der Waals surface area contributed by atoms with Crippen LogP contribution in [0.2, 0.25) is 0 Å². The summed E-state index contributed by atoms with van der Waals surface area (Å²) >= 11 is 0. The van der Waals surface area contributed by atoms with Crippen LogP contribution in [0.4, 0.5) is 10.5 Å². The van der Waals surface area contributed by atoms with Crippen LogP contribution in [-0.2, 0) is 4.84 Å². The second-order valence-corrected chi connectivity index (χ2v) is 3.43. The number of carbonyl (C=O) groups excluding carboxylic acids is 1. The van der Waals surface area contributed by atoms with Gasteiger partial charge in [0.05, 0.1) is 5.70 Å². The van der Waals surface area contributed by atoms with Gasteiger partial charge < -0.3 is 20.6 Å². The van der Waals surface area contributed by atoms with E-state index < -0.39 is 6.09 Å². The number of hydrogen-bond donors (Lipinski definition) is 3. The number of nitrogens with one attached hydrogen (secondary N) is 2. The van der Waals surface area contributed by atoms with E-state index in [1.807, 2.05) is 0 Å². The summed E-state index contributed by atoms with van der Waals surface area (Å²) in [4.78, 5) is 15.7. The van der Waals surface area contributed by atoms with E-state index in [1.165, 1.54) is 7.05 Å². The lowest BCUT2D eigenvalue weighted by atomic mass is 10.1. The number of ether oxygens (including phenoxy) is 1. The lowest BCUT2D eigenvalue weighted by molar-refractivity contribution is 0.117. The highest BCUT2D eigenvalue weighted by molar-refractivity contribution is 5.74. The molecule has 0 unspecified atom stereocenters. The van der Waals surface area contributed by atoms with Gasteiger partial charge in [-0.15, -0.1) is 0 Å². The number of nitrogens with two attached hydrogens (primary N) is 1. The summed E-state index contributed by atoms with van der Waals surface area (Å²) in [6.45, 7) is 0.413. The van der Waals surface area contributed by atoms with Gasteiger partial charge in [0.1, 0.15) is 12.4 Å². The smallest absolute Gasteiger partial charge is 0.431 e. The molecule has 0 aromatic heterocycles. The largest absolute Gasteiger partial charge is 0.489 e. The van der Waals surface area contributed by atoms with Crippen molar-refractivity contribution < 1.29 is 14.4 Å². The third-order valence-corrected chi connectivity index (χ3v) is 2.28. The van der Waals surface area contributed by atoms with Gasteiger partial charge in [-0.05, 0) is 24.3 Å². The third kappa shape index (κ3) is 2.41. The molecule has 1 aliphatic rings. The predicted octanol–water partition coefficient (Wildman–Crippen LogP) is 0.863. The predicted molar refractivity (Wildman–Crippen MR) is 63.0 cm³/mol. The quantitative estimate of drug-likeness (QED) is 0.523. The molecule has 1 aromatic carbocycles. The Kier molecular flexibility index (Phi) is 3.04. The highest BCUT2D eigenvalue weighted by Crippen LogP contribution is 2.29. The van der Waals surface area contributed by atoms with Crippen molar-refractivity contribution in [1.82, 2.24) is 10.8 Å². The number of benzene rings is 1. The topological polar surface area (TPSA) is 85.6 Å². The van der Waals surface area contributed by atoms with Gasteiger partial charge in [-0.25, -0.2) is 10.3 Å². The zero-order chi connectivity index (χ0) is 12.3. The van der Waals surface area contributed by atoms with Crippen molar-refractivity contribution in [3.8, 4) is 5.75 Å². The van der Waals surface area contributed by atoms with Gasteiger partial charge in [-0.3, -0.25) is 0 Å². The number of hydrogen-bond acceptors (Lipinski definition) is 5. The van der Waals surface area contributed by atoms with Crippen molar-refractivity contribution in [1.29, 1.82) is 0 Å². The van der Waals surface area contributed by atoms with Crippen LogP contribution in [0.5, 0.6) is 5.75 Å². The SMILES string of the molecule is CNC(=O)ONC1=CCOc2ccc(N)cc21. The number of nitrogen functional groups attached to an aromatic ring is 1. The molecule has 17 heavy (non-hydrogen) atoms. The van der Waals surface area contributed by atoms with Gasteiger partial charge in [0.25, 0.3) is 0 Å². The van der Waals surface area contributed by atoms with E-state index in [2.05, 4.69) is 10.8 Å². The molecule has 1 aromatic rings. The average molecular weight is 235 g/mol. The molecule has 1 heterocycles. The fraction of sp³-hybridized carbons (Fsp3) is 0.182. The number of amides is 1. The second-order valence-electron chi connectivity index (χ2n) is 3.43. The van der Waals surface area contributed by atoms with Crippen molar-refractivity contribution in [2.45, 2.75) is 0 Å². The average Bonchev–Trinajstić information content (AvgIpc) is 2.35. The van der Waals surface area contributed by atoms with Gasteiger partial charge in [0, 0.05) is 18.3 Å². The zero-order valence-electron chi connectivity index (χ0n) is 9.32. The first-order valence-electron chi connectivity index (χ1n) is 5.08. The summed E-state index contributed by atoms with van der Waals surface area (Å²) in [6, 6.07) is 5.28. The molecule has 6 heteroatoms. The van der Waals surface area contributed by atoms with E-state index in [4.69, 9.17) is 15.3 Å². The lowest BCUT2D eigenvalue weighted by Gasteiger charge is -2.19. The first-order chi connectivity index (χ1) is 8.20.